The van der Waals surface area contributed by atoms with Gasteiger partial charge in [0.15, 0.2) is 0 Å². The van der Waals surface area contributed by atoms with E-state index in [2.05, 4.69) is 19.6 Å². The first-order valence-electron chi connectivity index (χ1n) is 3.05. The second kappa shape index (κ2) is 2.74. The fourth-order valence-corrected chi connectivity index (χ4v) is 1.47. The van der Waals surface area contributed by atoms with Gasteiger partial charge in [0, 0.05) is 11.9 Å². The quantitative estimate of drug-likeness (QED) is 0.489. The molecule has 0 aromatic carbocycles. The van der Waals surface area contributed by atoms with Crippen LogP contribution in [0.4, 0.5) is 0 Å². The molecule has 0 N–H and O–H groups in total. The van der Waals surface area contributed by atoms with Crippen molar-refractivity contribution in [3.05, 3.63) is 0 Å². The molecule has 0 saturated carbocycles. The van der Waals surface area contributed by atoms with Crippen LogP contribution in [0.5, 0.6) is 0 Å². The Kier molecular flexibility index (Phi) is 2.20. The van der Waals surface area contributed by atoms with Crippen molar-refractivity contribution in [3.8, 4) is 0 Å². The molecule has 2 atom stereocenters. The van der Waals surface area contributed by atoms with Gasteiger partial charge >= 0.3 is 0 Å². The Bertz CT molecular complexity index is 66.9. The molecular weight excluding hydrogens is 120 g/mol. The molecule has 1 heterocycles. The van der Waals surface area contributed by atoms with Crippen molar-refractivity contribution in [3.63, 3.8) is 0 Å². The second-order valence-electron chi connectivity index (χ2n) is 2.53. The highest BCUT2D eigenvalue weighted by Gasteiger charge is 2.14. The Morgan fingerprint density at radius 3 is 2.62 bits per heavy atom. The lowest BCUT2D eigenvalue weighted by molar-refractivity contribution is 0.0666. The third-order valence-corrected chi connectivity index (χ3v) is 1.75. The molecule has 48 valence electrons. The Morgan fingerprint density at radius 2 is 2.25 bits per heavy atom. The zero-order valence-corrected chi connectivity index (χ0v) is 6.03. The number of thiol groups is 1. The van der Waals surface area contributed by atoms with Gasteiger partial charge in [0.05, 0.1) is 6.61 Å². The van der Waals surface area contributed by atoms with E-state index in [1.165, 1.54) is 6.42 Å². The number of hydrogen-bond donors (Lipinski definition) is 1. The number of rotatable bonds is 0. The van der Waals surface area contributed by atoms with Crippen molar-refractivity contribution >= 4 is 12.6 Å². The van der Waals surface area contributed by atoms with Crippen molar-refractivity contribution in [2.45, 2.75) is 18.6 Å². The lowest BCUT2D eigenvalue weighted by atomic mass is 10.1. The van der Waals surface area contributed by atoms with Crippen molar-refractivity contribution in [1.82, 2.24) is 0 Å². The monoisotopic (exact) mass is 132 g/mol. The normalized spacial score (nSPS) is 39.8. The fourth-order valence-electron chi connectivity index (χ4n) is 1.01. The van der Waals surface area contributed by atoms with E-state index >= 15 is 0 Å². The van der Waals surface area contributed by atoms with Gasteiger partial charge in [-0.2, -0.15) is 12.6 Å². The van der Waals surface area contributed by atoms with Crippen LogP contribution in [-0.2, 0) is 4.74 Å². The van der Waals surface area contributed by atoms with E-state index in [-0.39, 0.29) is 0 Å². The van der Waals surface area contributed by atoms with Crippen LogP contribution in [0.25, 0.3) is 0 Å². The first-order valence-corrected chi connectivity index (χ1v) is 3.56. The predicted molar refractivity (Wildman–Crippen MR) is 37.4 cm³/mol. The molecule has 0 radical (unpaired) electrons. The minimum atomic E-state index is 0.485. The zero-order valence-electron chi connectivity index (χ0n) is 5.13. The Morgan fingerprint density at radius 1 is 1.50 bits per heavy atom. The maximum Gasteiger partial charge on any atom is 0.0582 e. The average molecular weight is 132 g/mol. The summed E-state index contributed by atoms with van der Waals surface area (Å²) in [5.41, 5.74) is 0. The van der Waals surface area contributed by atoms with Gasteiger partial charge in [-0.1, -0.05) is 6.92 Å². The van der Waals surface area contributed by atoms with Crippen LogP contribution in [0.15, 0.2) is 0 Å². The third kappa shape index (κ3) is 1.67. The minimum absolute atomic E-state index is 0.485. The van der Waals surface area contributed by atoms with E-state index in [9.17, 15) is 0 Å². The molecule has 8 heavy (non-hydrogen) atoms. The van der Waals surface area contributed by atoms with Gasteiger partial charge in [0.2, 0.25) is 0 Å². The van der Waals surface area contributed by atoms with Crippen molar-refractivity contribution in [2.75, 3.05) is 13.2 Å². The zero-order chi connectivity index (χ0) is 5.98. The predicted octanol–water partition coefficient (Wildman–Crippen LogP) is 1.34. The molecule has 1 rings (SSSR count). The van der Waals surface area contributed by atoms with Gasteiger partial charge in [0.1, 0.15) is 0 Å². The second-order valence-corrected chi connectivity index (χ2v) is 3.26. The molecule has 0 aromatic rings. The van der Waals surface area contributed by atoms with Crippen molar-refractivity contribution in [2.24, 2.45) is 5.92 Å². The average Bonchev–Trinajstić information content (AvgIpc) is 1.64. The highest BCUT2D eigenvalue weighted by Crippen LogP contribution is 2.16. The Hall–Kier alpha value is 0.310. The van der Waals surface area contributed by atoms with Crippen LogP contribution in [0, 0.1) is 5.92 Å². The summed E-state index contributed by atoms with van der Waals surface area (Å²) >= 11 is 4.30. The van der Waals surface area contributed by atoms with Gasteiger partial charge < -0.3 is 4.74 Å². The molecule has 0 amide bonds. The van der Waals surface area contributed by atoms with Crippen LogP contribution >= 0.6 is 12.6 Å². The summed E-state index contributed by atoms with van der Waals surface area (Å²) in [4.78, 5) is 0. The molecule has 2 heteroatoms. The molecule has 1 aliphatic rings. The lowest BCUT2D eigenvalue weighted by Gasteiger charge is -2.22. The van der Waals surface area contributed by atoms with Gasteiger partial charge in [-0.15, -0.1) is 0 Å². The molecular formula is C6H12OS. The van der Waals surface area contributed by atoms with Crippen LogP contribution in [0.3, 0.4) is 0 Å². The van der Waals surface area contributed by atoms with Gasteiger partial charge in [-0.3, -0.25) is 0 Å². The summed E-state index contributed by atoms with van der Waals surface area (Å²) in [5.74, 6) is 0.714. The molecule has 0 spiro atoms. The first kappa shape index (κ1) is 6.43. The fraction of sp³-hybridized carbons (Fsp3) is 1.00. The molecule has 0 aliphatic carbocycles. The number of hydrogen-bond acceptors (Lipinski definition) is 2. The topological polar surface area (TPSA) is 9.23 Å². The Labute approximate surface area is 55.8 Å². The van der Waals surface area contributed by atoms with Gasteiger partial charge in [0.25, 0.3) is 0 Å². The molecule has 1 aliphatic heterocycles. The standard InChI is InChI=1S/C6H12OS/c1-5-2-6(8)4-7-3-5/h5-6,8H,2-4H2,1H3. The first-order chi connectivity index (χ1) is 3.79. The summed E-state index contributed by atoms with van der Waals surface area (Å²) in [5, 5.41) is 0.485. The Balaban J connectivity index is 2.23. The van der Waals surface area contributed by atoms with Crippen LogP contribution in [0.1, 0.15) is 13.3 Å². The lowest BCUT2D eigenvalue weighted by Crippen LogP contribution is -2.23. The summed E-state index contributed by atoms with van der Waals surface area (Å²) in [6.07, 6.45) is 1.21. The van der Waals surface area contributed by atoms with Crippen LogP contribution < -0.4 is 0 Å². The van der Waals surface area contributed by atoms with E-state index in [0.717, 1.165) is 13.2 Å². The highest BCUT2D eigenvalue weighted by atomic mass is 32.1. The summed E-state index contributed by atoms with van der Waals surface area (Å²) < 4.78 is 5.22. The third-order valence-electron chi connectivity index (χ3n) is 1.39. The van der Waals surface area contributed by atoms with Crippen LogP contribution in [0.2, 0.25) is 0 Å². The molecule has 1 saturated heterocycles. The van der Waals surface area contributed by atoms with Gasteiger partial charge in [-0.05, 0) is 12.3 Å². The minimum Gasteiger partial charge on any atom is -0.380 e. The van der Waals surface area contributed by atoms with E-state index in [1.54, 1.807) is 0 Å². The largest absolute Gasteiger partial charge is 0.380 e. The highest BCUT2D eigenvalue weighted by molar-refractivity contribution is 7.81. The molecule has 1 fully saturated rings. The molecule has 1 nitrogen and oxygen atoms in total. The van der Waals surface area contributed by atoms with E-state index in [4.69, 9.17) is 4.74 Å². The molecule has 0 aromatic heterocycles. The van der Waals surface area contributed by atoms with E-state index in [1.807, 2.05) is 0 Å². The van der Waals surface area contributed by atoms with Crippen molar-refractivity contribution in [1.29, 1.82) is 0 Å². The maximum absolute atomic E-state index is 5.22. The van der Waals surface area contributed by atoms with E-state index < -0.39 is 0 Å². The smallest absolute Gasteiger partial charge is 0.0582 e. The van der Waals surface area contributed by atoms with E-state index in [0.29, 0.717) is 11.2 Å². The number of ether oxygens (including phenoxy) is 1. The molecule has 2 unspecified atom stereocenters. The maximum atomic E-state index is 5.22. The summed E-state index contributed by atoms with van der Waals surface area (Å²) in [6, 6.07) is 0. The summed E-state index contributed by atoms with van der Waals surface area (Å²) in [7, 11) is 0. The summed E-state index contributed by atoms with van der Waals surface area (Å²) in [6.45, 7) is 3.97. The molecule has 0 bridgehead atoms. The SMILES string of the molecule is CC1COCC(S)C1. The van der Waals surface area contributed by atoms with Crippen molar-refractivity contribution < 1.29 is 4.74 Å². The van der Waals surface area contributed by atoms with Crippen LogP contribution in [-0.4, -0.2) is 18.5 Å². The van der Waals surface area contributed by atoms with Gasteiger partial charge in [-0.25, -0.2) is 0 Å².